The number of hydrogen-bond donors (Lipinski definition) is 2. The highest BCUT2D eigenvalue weighted by Crippen LogP contribution is 2.22. The quantitative estimate of drug-likeness (QED) is 0.247. The summed E-state index contributed by atoms with van der Waals surface area (Å²) in [7, 11) is 0. The maximum absolute atomic E-state index is 5.30. The number of aromatic nitrogens is 3. The van der Waals surface area contributed by atoms with E-state index in [0.717, 1.165) is 25.5 Å². The standard InChI is InChI=1S/C24H32N6O.HI/c1-5-25-23(27-16-13-18-9-11-19(12-10-18)24(2,3)4)28-17-14-21-29-22(31-30-21)20-8-6-7-15-26-20;/h6-12,15H,5,13-14,16-17H2,1-4H3,(H2,25,27,28);1H. The van der Waals surface area contributed by atoms with Crippen molar-refractivity contribution in [3.8, 4) is 11.6 Å². The lowest BCUT2D eigenvalue weighted by Gasteiger charge is -2.19. The molecule has 0 atom stereocenters. The molecule has 1 aromatic carbocycles. The number of halogens is 1. The second kappa shape index (κ2) is 12.5. The van der Waals surface area contributed by atoms with E-state index in [0.29, 0.717) is 30.4 Å². The first-order valence-corrected chi connectivity index (χ1v) is 10.8. The molecule has 3 aromatic rings. The molecule has 8 heteroatoms. The van der Waals surface area contributed by atoms with E-state index in [1.165, 1.54) is 11.1 Å². The van der Waals surface area contributed by atoms with Gasteiger partial charge in [-0.05, 0) is 42.0 Å². The summed E-state index contributed by atoms with van der Waals surface area (Å²) in [6, 6.07) is 14.5. The van der Waals surface area contributed by atoms with Gasteiger partial charge in [0.15, 0.2) is 11.8 Å². The number of aliphatic imine (C=N–C) groups is 1. The van der Waals surface area contributed by atoms with E-state index < -0.39 is 0 Å². The summed E-state index contributed by atoms with van der Waals surface area (Å²) in [5.41, 5.74) is 3.52. The molecule has 0 bridgehead atoms. The zero-order valence-electron chi connectivity index (χ0n) is 19.3. The van der Waals surface area contributed by atoms with Gasteiger partial charge in [-0.3, -0.25) is 9.98 Å². The fraction of sp³-hybridized carbons (Fsp3) is 0.417. The summed E-state index contributed by atoms with van der Waals surface area (Å²) < 4.78 is 5.30. The Morgan fingerprint density at radius 2 is 1.81 bits per heavy atom. The predicted octanol–water partition coefficient (Wildman–Crippen LogP) is 4.39. The summed E-state index contributed by atoms with van der Waals surface area (Å²) in [5.74, 6) is 1.85. The Morgan fingerprint density at radius 3 is 2.47 bits per heavy atom. The van der Waals surface area contributed by atoms with Gasteiger partial charge >= 0.3 is 0 Å². The Morgan fingerprint density at radius 1 is 1.03 bits per heavy atom. The molecule has 172 valence electrons. The van der Waals surface area contributed by atoms with Gasteiger partial charge in [-0.1, -0.05) is 56.3 Å². The molecular weight excluding hydrogens is 515 g/mol. The van der Waals surface area contributed by atoms with E-state index in [1.54, 1.807) is 6.20 Å². The lowest BCUT2D eigenvalue weighted by molar-refractivity contribution is 0.421. The minimum absolute atomic E-state index is 0. The van der Waals surface area contributed by atoms with E-state index in [9.17, 15) is 0 Å². The molecule has 7 nitrogen and oxygen atoms in total. The Labute approximate surface area is 207 Å². The SMILES string of the molecule is CCNC(=NCCc1noc(-c2ccccn2)n1)NCCc1ccc(C(C)(C)C)cc1.I. The Bertz CT molecular complexity index is 964. The second-order valence-electron chi connectivity index (χ2n) is 8.37. The van der Waals surface area contributed by atoms with Crippen molar-refractivity contribution in [1.29, 1.82) is 0 Å². The molecule has 0 saturated heterocycles. The molecule has 0 aliphatic heterocycles. The molecule has 0 amide bonds. The van der Waals surface area contributed by atoms with Gasteiger partial charge in [0.1, 0.15) is 5.69 Å². The average Bonchev–Trinajstić information content (AvgIpc) is 3.23. The van der Waals surface area contributed by atoms with Crippen LogP contribution < -0.4 is 10.6 Å². The van der Waals surface area contributed by atoms with Crippen molar-refractivity contribution in [2.24, 2.45) is 4.99 Å². The minimum atomic E-state index is 0. The molecule has 2 aromatic heterocycles. The number of rotatable bonds is 8. The van der Waals surface area contributed by atoms with E-state index in [4.69, 9.17) is 4.52 Å². The maximum atomic E-state index is 5.30. The zero-order valence-corrected chi connectivity index (χ0v) is 21.6. The summed E-state index contributed by atoms with van der Waals surface area (Å²) >= 11 is 0. The van der Waals surface area contributed by atoms with Gasteiger partial charge in [0, 0.05) is 32.3 Å². The highest BCUT2D eigenvalue weighted by Gasteiger charge is 2.13. The molecule has 0 aliphatic rings. The van der Waals surface area contributed by atoms with Crippen molar-refractivity contribution < 1.29 is 4.52 Å². The van der Waals surface area contributed by atoms with Crippen LogP contribution >= 0.6 is 24.0 Å². The van der Waals surface area contributed by atoms with Gasteiger partial charge in [0.05, 0.1) is 0 Å². The normalized spacial score (nSPS) is 11.7. The Kier molecular flexibility index (Phi) is 10.1. The first-order chi connectivity index (χ1) is 15.0. The Hall–Kier alpha value is -2.49. The number of pyridine rings is 1. The van der Waals surface area contributed by atoms with Gasteiger partial charge in [0.25, 0.3) is 5.89 Å². The van der Waals surface area contributed by atoms with Crippen LogP contribution in [0.15, 0.2) is 58.2 Å². The third kappa shape index (κ3) is 7.89. The first kappa shape index (κ1) is 25.8. The molecule has 32 heavy (non-hydrogen) atoms. The van der Waals surface area contributed by atoms with E-state index in [1.807, 2.05) is 18.2 Å². The summed E-state index contributed by atoms with van der Waals surface area (Å²) in [6.45, 7) is 10.9. The van der Waals surface area contributed by atoms with Crippen molar-refractivity contribution in [3.63, 3.8) is 0 Å². The van der Waals surface area contributed by atoms with Gasteiger partial charge in [0.2, 0.25) is 0 Å². The number of nitrogens with one attached hydrogen (secondary N) is 2. The van der Waals surface area contributed by atoms with E-state index in [-0.39, 0.29) is 29.4 Å². The van der Waals surface area contributed by atoms with Crippen molar-refractivity contribution in [1.82, 2.24) is 25.8 Å². The summed E-state index contributed by atoms with van der Waals surface area (Å²) in [5, 5.41) is 10.7. The van der Waals surface area contributed by atoms with Crippen LogP contribution in [0.1, 0.15) is 44.6 Å². The number of hydrogen-bond acceptors (Lipinski definition) is 5. The number of benzene rings is 1. The topological polar surface area (TPSA) is 88.2 Å². The summed E-state index contributed by atoms with van der Waals surface area (Å²) in [4.78, 5) is 13.3. The van der Waals surface area contributed by atoms with E-state index >= 15 is 0 Å². The van der Waals surface area contributed by atoms with Gasteiger partial charge in [-0.25, -0.2) is 0 Å². The van der Waals surface area contributed by atoms with Crippen LogP contribution in [-0.4, -0.2) is 40.7 Å². The zero-order chi connectivity index (χ0) is 22.1. The van der Waals surface area contributed by atoms with Gasteiger partial charge in [-0.2, -0.15) is 4.98 Å². The average molecular weight is 548 g/mol. The van der Waals surface area contributed by atoms with Crippen LogP contribution in [0.25, 0.3) is 11.6 Å². The first-order valence-electron chi connectivity index (χ1n) is 10.8. The number of nitrogens with zero attached hydrogens (tertiary/aromatic N) is 4. The lowest BCUT2D eigenvalue weighted by Crippen LogP contribution is -2.38. The second-order valence-corrected chi connectivity index (χ2v) is 8.37. The molecule has 0 radical (unpaired) electrons. The van der Waals surface area contributed by atoms with Crippen LogP contribution in [0.2, 0.25) is 0 Å². The van der Waals surface area contributed by atoms with Crippen LogP contribution in [-0.2, 0) is 18.3 Å². The molecule has 3 rings (SSSR count). The van der Waals surface area contributed by atoms with E-state index in [2.05, 4.69) is 82.7 Å². The molecule has 2 N–H and O–H groups in total. The predicted molar refractivity (Wildman–Crippen MR) is 139 cm³/mol. The van der Waals surface area contributed by atoms with Crippen molar-refractivity contribution in [2.75, 3.05) is 19.6 Å². The monoisotopic (exact) mass is 548 g/mol. The van der Waals surface area contributed by atoms with Crippen molar-refractivity contribution in [2.45, 2.75) is 46.0 Å². The van der Waals surface area contributed by atoms with Crippen LogP contribution in [0.3, 0.4) is 0 Å². The van der Waals surface area contributed by atoms with Gasteiger partial charge < -0.3 is 15.2 Å². The molecule has 0 fully saturated rings. The minimum Gasteiger partial charge on any atom is -0.357 e. The van der Waals surface area contributed by atoms with Crippen molar-refractivity contribution >= 4 is 29.9 Å². The molecule has 0 aliphatic carbocycles. The highest BCUT2D eigenvalue weighted by molar-refractivity contribution is 14.0. The molecular formula is C24H33IN6O. The van der Waals surface area contributed by atoms with Gasteiger partial charge in [-0.15, -0.1) is 24.0 Å². The largest absolute Gasteiger partial charge is 0.357 e. The molecule has 0 spiro atoms. The molecule has 2 heterocycles. The van der Waals surface area contributed by atoms with Crippen LogP contribution in [0.5, 0.6) is 0 Å². The fourth-order valence-electron chi connectivity index (χ4n) is 3.05. The molecule has 0 saturated carbocycles. The molecule has 0 unspecified atom stereocenters. The summed E-state index contributed by atoms with van der Waals surface area (Å²) in [6.07, 6.45) is 3.24. The third-order valence-corrected chi connectivity index (χ3v) is 4.83. The van der Waals surface area contributed by atoms with Crippen LogP contribution in [0, 0.1) is 0 Å². The number of guanidine groups is 1. The Balaban J connectivity index is 0.00000363. The third-order valence-electron chi connectivity index (χ3n) is 4.83. The van der Waals surface area contributed by atoms with Crippen molar-refractivity contribution in [3.05, 3.63) is 65.6 Å². The lowest BCUT2D eigenvalue weighted by atomic mass is 9.86. The maximum Gasteiger partial charge on any atom is 0.276 e. The van der Waals surface area contributed by atoms with Crippen LogP contribution in [0.4, 0.5) is 0 Å². The fourth-order valence-corrected chi connectivity index (χ4v) is 3.05. The highest BCUT2D eigenvalue weighted by atomic mass is 127. The smallest absolute Gasteiger partial charge is 0.276 e.